The molecule has 0 radical (unpaired) electrons. The first-order valence-electron chi connectivity index (χ1n) is 7.08. The zero-order valence-corrected chi connectivity index (χ0v) is 12.3. The summed E-state index contributed by atoms with van der Waals surface area (Å²) in [4.78, 5) is 0. The van der Waals surface area contributed by atoms with Crippen molar-refractivity contribution in [3.8, 4) is 11.5 Å². The van der Waals surface area contributed by atoms with Gasteiger partial charge in [-0.15, -0.1) is 0 Å². The molecule has 4 heteroatoms. The van der Waals surface area contributed by atoms with Crippen LogP contribution in [0.1, 0.15) is 31.9 Å². The molecule has 0 aromatic heterocycles. The van der Waals surface area contributed by atoms with Crippen molar-refractivity contribution in [2.45, 2.75) is 26.3 Å². The SMILES string of the molecule is CCCOc1ccc(NC(C)c2cc(F)ccc2O)cc1. The van der Waals surface area contributed by atoms with Crippen LogP contribution in [0.2, 0.25) is 0 Å². The molecule has 1 atom stereocenters. The predicted molar refractivity (Wildman–Crippen MR) is 82.3 cm³/mol. The van der Waals surface area contributed by atoms with Gasteiger partial charge < -0.3 is 15.2 Å². The highest BCUT2D eigenvalue weighted by atomic mass is 19.1. The summed E-state index contributed by atoms with van der Waals surface area (Å²) in [6.45, 7) is 4.62. The lowest BCUT2D eigenvalue weighted by atomic mass is 10.1. The van der Waals surface area contributed by atoms with E-state index in [2.05, 4.69) is 12.2 Å². The summed E-state index contributed by atoms with van der Waals surface area (Å²) in [5, 5.41) is 13.0. The summed E-state index contributed by atoms with van der Waals surface area (Å²) in [5.74, 6) is 0.544. The molecular formula is C17H20FNO2. The standard InChI is InChI=1S/C17H20FNO2/c1-3-10-21-15-7-5-14(6-8-15)19-12(2)16-11-13(18)4-9-17(16)20/h4-9,11-12,19-20H,3,10H2,1-2H3. The second-order valence-electron chi connectivity index (χ2n) is 4.94. The van der Waals surface area contributed by atoms with Crippen LogP contribution >= 0.6 is 0 Å². The lowest BCUT2D eigenvalue weighted by Crippen LogP contribution is -2.07. The highest BCUT2D eigenvalue weighted by Gasteiger charge is 2.11. The van der Waals surface area contributed by atoms with E-state index < -0.39 is 0 Å². The predicted octanol–water partition coefficient (Wildman–Crippen LogP) is 4.49. The van der Waals surface area contributed by atoms with E-state index in [4.69, 9.17) is 4.74 Å². The van der Waals surface area contributed by atoms with Crippen molar-refractivity contribution in [2.75, 3.05) is 11.9 Å². The maximum absolute atomic E-state index is 13.3. The Hall–Kier alpha value is -2.23. The summed E-state index contributed by atoms with van der Waals surface area (Å²) < 4.78 is 18.8. The van der Waals surface area contributed by atoms with Crippen LogP contribution in [0.5, 0.6) is 11.5 Å². The fourth-order valence-electron chi connectivity index (χ4n) is 2.07. The quantitative estimate of drug-likeness (QED) is 0.823. The van der Waals surface area contributed by atoms with Crippen LogP contribution in [0.3, 0.4) is 0 Å². The van der Waals surface area contributed by atoms with Gasteiger partial charge in [0.05, 0.1) is 12.6 Å². The third-order valence-corrected chi connectivity index (χ3v) is 3.17. The molecule has 0 fully saturated rings. The van der Waals surface area contributed by atoms with Gasteiger partial charge in [-0.05, 0) is 55.8 Å². The van der Waals surface area contributed by atoms with Crippen LogP contribution in [0.4, 0.5) is 10.1 Å². The van der Waals surface area contributed by atoms with Gasteiger partial charge >= 0.3 is 0 Å². The minimum absolute atomic E-state index is 0.0827. The monoisotopic (exact) mass is 289 g/mol. The van der Waals surface area contributed by atoms with Gasteiger partial charge in [0.2, 0.25) is 0 Å². The highest BCUT2D eigenvalue weighted by molar-refractivity contribution is 5.49. The second kappa shape index (κ2) is 6.97. The minimum Gasteiger partial charge on any atom is -0.508 e. The van der Waals surface area contributed by atoms with E-state index in [0.717, 1.165) is 17.9 Å². The Morgan fingerprint density at radius 2 is 1.90 bits per heavy atom. The van der Waals surface area contributed by atoms with E-state index in [0.29, 0.717) is 12.2 Å². The van der Waals surface area contributed by atoms with Crippen LogP contribution in [-0.2, 0) is 0 Å². The molecule has 2 rings (SSSR count). The molecule has 2 N–H and O–H groups in total. The van der Waals surface area contributed by atoms with Gasteiger partial charge in [0.25, 0.3) is 0 Å². The van der Waals surface area contributed by atoms with Gasteiger partial charge in [0.15, 0.2) is 0 Å². The molecule has 0 bridgehead atoms. The Morgan fingerprint density at radius 3 is 2.57 bits per heavy atom. The first-order valence-corrected chi connectivity index (χ1v) is 7.08. The van der Waals surface area contributed by atoms with Crippen molar-refractivity contribution in [2.24, 2.45) is 0 Å². The molecule has 0 spiro atoms. The lowest BCUT2D eigenvalue weighted by molar-refractivity contribution is 0.317. The Labute approximate surface area is 124 Å². The topological polar surface area (TPSA) is 41.5 Å². The van der Waals surface area contributed by atoms with Crippen molar-refractivity contribution in [1.29, 1.82) is 0 Å². The number of nitrogens with one attached hydrogen (secondary N) is 1. The van der Waals surface area contributed by atoms with Gasteiger partial charge in [-0.2, -0.15) is 0 Å². The molecule has 0 saturated heterocycles. The van der Waals surface area contributed by atoms with E-state index in [-0.39, 0.29) is 17.6 Å². The summed E-state index contributed by atoms with van der Waals surface area (Å²) in [6, 6.07) is 11.3. The lowest BCUT2D eigenvalue weighted by Gasteiger charge is -2.17. The number of rotatable bonds is 6. The molecule has 0 aliphatic rings. The van der Waals surface area contributed by atoms with E-state index in [1.54, 1.807) is 0 Å². The molecule has 0 aliphatic heterocycles. The zero-order valence-electron chi connectivity index (χ0n) is 12.3. The maximum atomic E-state index is 13.3. The average molecular weight is 289 g/mol. The van der Waals surface area contributed by atoms with Crippen LogP contribution < -0.4 is 10.1 Å². The number of hydrogen-bond donors (Lipinski definition) is 2. The molecule has 2 aromatic carbocycles. The smallest absolute Gasteiger partial charge is 0.123 e. The maximum Gasteiger partial charge on any atom is 0.123 e. The summed E-state index contributed by atoms with van der Waals surface area (Å²) in [6.07, 6.45) is 0.968. The number of phenols is 1. The number of benzene rings is 2. The number of phenolic OH excluding ortho intramolecular Hbond substituents is 1. The average Bonchev–Trinajstić information content (AvgIpc) is 2.49. The van der Waals surface area contributed by atoms with Crippen molar-refractivity contribution in [3.05, 3.63) is 53.8 Å². The van der Waals surface area contributed by atoms with E-state index in [9.17, 15) is 9.50 Å². The largest absolute Gasteiger partial charge is 0.508 e. The summed E-state index contributed by atoms with van der Waals surface area (Å²) >= 11 is 0. The molecule has 0 heterocycles. The minimum atomic E-state index is -0.361. The van der Waals surface area contributed by atoms with Crippen molar-refractivity contribution >= 4 is 5.69 Å². The van der Waals surface area contributed by atoms with Crippen LogP contribution in [-0.4, -0.2) is 11.7 Å². The second-order valence-corrected chi connectivity index (χ2v) is 4.94. The molecule has 21 heavy (non-hydrogen) atoms. The van der Waals surface area contributed by atoms with E-state index in [1.807, 2.05) is 31.2 Å². The van der Waals surface area contributed by atoms with Crippen LogP contribution in [0, 0.1) is 5.82 Å². The Balaban J connectivity index is 2.05. The number of anilines is 1. The van der Waals surface area contributed by atoms with E-state index >= 15 is 0 Å². The molecule has 2 aromatic rings. The molecule has 1 unspecified atom stereocenters. The first kappa shape index (κ1) is 15.2. The van der Waals surface area contributed by atoms with Crippen molar-refractivity contribution < 1.29 is 14.2 Å². The summed E-state index contributed by atoms with van der Waals surface area (Å²) in [5.41, 5.74) is 1.41. The van der Waals surface area contributed by atoms with E-state index in [1.165, 1.54) is 18.2 Å². The first-order chi connectivity index (χ1) is 10.1. The van der Waals surface area contributed by atoms with Crippen molar-refractivity contribution in [1.82, 2.24) is 0 Å². The third kappa shape index (κ3) is 4.12. The zero-order chi connectivity index (χ0) is 15.2. The molecular weight excluding hydrogens is 269 g/mol. The highest BCUT2D eigenvalue weighted by Crippen LogP contribution is 2.28. The number of hydrogen-bond acceptors (Lipinski definition) is 3. The fourth-order valence-corrected chi connectivity index (χ4v) is 2.07. The van der Waals surface area contributed by atoms with Gasteiger partial charge in [-0.25, -0.2) is 4.39 Å². The summed E-state index contributed by atoms with van der Waals surface area (Å²) in [7, 11) is 0. The molecule has 0 aliphatic carbocycles. The van der Waals surface area contributed by atoms with Crippen molar-refractivity contribution in [3.63, 3.8) is 0 Å². The third-order valence-electron chi connectivity index (χ3n) is 3.17. The fraction of sp³-hybridized carbons (Fsp3) is 0.294. The Kier molecular flexibility index (Phi) is 5.04. The number of aromatic hydroxyl groups is 1. The Morgan fingerprint density at radius 1 is 1.19 bits per heavy atom. The van der Waals surface area contributed by atoms with Gasteiger partial charge in [0, 0.05) is 11.3 Å². The molecule has 3 nitrogen and oxygen atoms in total. The van der Waals surface area contributed by atoms with Gasteiger partial charge in [0.1, 0.15) is 17.3 Å². The Bertz CT molecular complexity index is 584. The number of ether oxygens (including phenoxy) is 1. The number of halogens is 1. The van der Waals surface area contributed by atoms with Gasteiger partial charge in [-0.3, -0.25) is 0 Å². The molecule has 112 valence electrons. The van der Waals surface area contributed by atoms with Crippen LogP contribution in [0.25, 0.3) is 0 Å². The molecule has 0 amide bonds. The normalized spacial score (nSPS) is 12.0. The molecule has 0 saturated carbocycles. The van der Waals surface area contributed by atoms with Gasteiger partial charge in [-0.1, -0.05) is 6.92 Å². The van der Waals surface area contributed by atoms with Crippen LogP contribution in [0.15, 0.2) is 42.5 Å².